The van der Waals surface area contributed by atoms with E-state index in [0.717, 1.165) is 34.0 Å². The van der Waals surface area contributed by atoms with E-state index in [1.165, 1.54) is 0 Å². The summed E-state index contributed by atoms with van der Waals surface area (Å²) in [4.78, 5) is 25.6. The molecule has 308 valence electrons. The van der Waals surface area contributed by atoms with Crippen molar-refractivity contribution in [2.45, 2.75) is 52.3 Å². The van der Waals surface area contributed by atoms with E-state index in [4.69, 9.17) is 14.2 Å². The summed E-state index contributed by atoms with van der Waals surface area (Å²) < 4.78 is 17.4. The first-order valence-corrected chi connectivity index (χ1v) is 19.8. The van der Waals surface area contributed by atoms with Gasteiger partial charge in [-0.3, -0.25) is 0 Å². The van der Waals surface area contributed by atoms with Crippen molar-refractivity contribution in [3.63, 3.8) is 0 Å². The molecule has 0 aliphatic rings. The van der Waals surface area contributed by atoms with Crippen LogP contribution >= 0.6 is 0 Å². The van der Waals surface area contributed by atoms with Gasteiger partial charge in [-0.2, -0.15) is 0 Å². The molecule has 2 unspecified atom stereocenters. The van der Waals surface area contributed by atoms with Gasteiger partial charge in [0, 0.05) is 28.6 Å². The largest absolute Gasteiger partial charge is 0.479 e. The highest BCUT2D eigenvalue weighted by Gasteiger charge is 2.50. The zero-order chi connectivity index (χ0) is 43.0. The third kappa shape index (κ3) is 12.0. The average Bonchev–Trinajstić information content (AvgIpc) is 3.26. The normalized spacial score (nSPS) is 12.5. The van der Waals surface area contributed by atoms with E-state index in [1.807, 2.05) is 198 Å². The summed E-state index contributed by atoms with van der Waals surface area (Å²) >= 11 is 0. The van der Waals surface area contributed by atoms with Crippen LogP contribution in [0.25, 0.3) is 0 Å². The van der Waals surface area contributed by atoms with Crippen molar-refractivity contribution in [3.8, 4) is 23.0 Å². The Morgan fingerprint density at radius 1 is 0.600 bits per heavy atom. The van der Waals surface area contributed by atoms with Gasteiger partial charge < -0.3 is 30.0 Å². The van der Waals surface area contributed by atoms with Gasteiger partial charge in [-0.25, -0.2) is 9.59 Å². The van der Waals surface area contributed by atoms with Crippen molar-refractivity contribution in [1.29, 1.82) is 0 Å². The maximum Gasteiger partial charge on any atom is 0.330 e. The minimum absolute atomic E-state index is 0.158. The smallest absolute Gasteiger partial charge is 0.330 e. The van der Waals surface area contributed by atoms with Gasteiger partial charge in [-0.05, 0) is 83.9 Å². The molecule has 3 N–H and O–H groups in total. The second-order valence-electron chi connectivity index (χ2n) is 15.5. The molecule has 8 nitrogen and oxygen atoms in total. The number of para-hydroxylation sites is 4. The third-order valence-electron chi connectivity index (χ3n) is 10.3. The number of ether oxygens (including phenoxy) is 3. The molecular weight excluding hydrogens is 749 g/mol. The number of benzene rings is 6. The first-order chi connectivity index (χ1) is 28.8. The number of carboxylic acids is 1. The third-order valence-corrected chi connectivity index (χ3v) is 10.3. The Bertz CT molecular complexity index is 2290. The number of carbonyl (C=O) groups excluding carboxylic acids is 1. The lowest BCUT2D eigenvalue weighted by Crippen LogP contribution is -2.58. The molecule has 60 heavy (non-hydrogen) atoms. The number of carboxylic acid groups (broad SMARTS) is 1. The van der Waals surface area contributed by atoms with Crippen LogP contribution in [0.4, 0.5) is 11.4 Å². The van der Waals surface area contributed by atoms with E-state index in [0.29, 0.717) is 11.5 Å². The van der Waals surface area contributed by atoms with Crippen molar-refractivity contribution in [2.24, 2.45) is 10.8 Å². The summed E-state index contributed by atoms with van der Waals surface area (Å²) in [5.41, 5.74) is 0.757. The Labute approximate surface area is 354 Å². The maximum atomic E-state index is 12.9. The number of hydrogen-bond acceptors (Lipinski definition) is 7. The summed E-state index contributed by atoms with van der Waals surface area (Å²) in [6.45, 7) is 15.6. The molecule has 6 aromatic rings. The minimum Gasteiger partial charge on any atom is -0.479 e. The van der Waals surface area contributed by atoms with Crippen molar-refractivity contribution in [3.05, 3.63) is 206 Å². The highest BCUT2D eigenvalue weighted by molar-refractivity contribution is 5.85. The average molecular weight is 803 g/mol. The fraction of sp³-hybridized carbons (Fsp3) is 0.192. The number of aliphatic carboxylic acids is 1. The topological polar surface area (TPSA) is 106 Å². The van der Waals surface area contributed by atoms with Gasteiger partial charge in [0.15, 0.2) is 0 Å². The van der Waals surface area contributed by atoms with Gasteiger partial charge in [0.05, 0.1) is 0 Å². The molecule has 0 amide bonds. The summed E-state index contributed by atoms with van der Waals surface area (Å²) in [7, 11) is 0. The van der Waals surface area contributed by atoms with Crippen LogP contribution in [-0.2, 0) is 27.4 Å². The molecule has 0 fully saturated rings. The summed E-state index contributed by atoms with van der Waals surface area (Å²) in [5, 5.41) is 16.9. The van der Waals surface area contributed by atoms with Gasteiger partial charge in [0.25, 0.3) is 0 Å². The SMILES string of the molecule is C=CC(C)(C)C(Cc1cccc(Oc2ccccc2)c1)(Nc1ccccc1)C(=O)O.C=CC(C)(C)C(Nc1ccccc1)C(=O)OCc1cccc(Oc2ccccc2)c1. The van der Waals surface area contributed by atoms with E-state index in [9.17, 15) is 14.7 Å². The zero-order valence-corrected chi connectivity index (χ0v) is 34.7. The number of rotatable bonds is 18. The van der Waals surface area contributed by atoms with Crippen LogP contribution in [0.2, 0.25) is 0 Å². The lowest BCUT2D eigenvalue weighted by atomic mass is 9.68. The number of nitrogens with one attached hydrogen (secondary N) is 2. The summed E-state index contributed by atoms with van der Waals surface area (Å²) in [6.07, 6.45) is 3.72. The van der Waals surface area contributed by atoms with Crippen LogP contribution < -0.4 is 20.1 Å². The molecule has 0 aromatic heterocycles. The van der Waals surface area contributed by atoms with Crippen molar-refractivity contribution >= 4 is 23.3 Å². The van der Waals surface area contributed by atoms with E-state index in [-0.39, 0.29) is 19.0 Å². The Hall–Kier alpha value is -7.06. The quantitative estimate of drug-likeness (QED) is 0.0583. The maximum absolute atomic E-state index is 12.9. The van der Waals surface area contributed by atoms with Crippen LogP contribution in [0.1, 0.15) is 38.8 Å². The van der Waals surface area contributed by atoms with Gasteiger partial charge in [0.2, 0.25) is 0 Å². The molecule has 0 radical (unpaired) electrons. The standard InChI is InChI=1S/2C26H27NO3/c1-4-26(2,3)24(27-21-13-7-5-8-14-21)25(28)29-19-20-12-11-17-23(18-20)30-22-15-9-6-10-16-22;1-4-25(2,3)26(24(28)29,27-21-13-7-5-8-14-21)19-20-12-11-17-23(18-20)30-22-15-9-6-10-16-22/h4-18,24,27H,1,19H2,2-3H3;4-18,27H,1,19H2,2-3H3,(H,28,29). The molecule has 0 aliphatic carbocycles. The van der Waals surface area contributed by atoms with E-state index >= 15 is 0 Å². The predicted octanol–water partition coefficient (Wildman–Crippen LogP) is 12.4. The number of hydrogen-bond donors (Lipinski definition) is 3. The van der Waals surface area contributed by atoms with Gasteiger partial charge in [0.1, 0.15) is 41.2 Å². The lowest BCUT2D eigenvalue weighted by Gasteiger charge is -2.43. The molecule has 2 atom stereocenters. The second-order valence-corrected chi connectivity index (χ2v) is 15.5. The zero-order valence-electron chi connectivity index (χ0n) is 34.7. The van der Waals surface area contributed by atoms with Gasteiger partial charge in [-0.15, -0.1) is 13.2 Å². The summed E-state index contributed by atoms with van der Waals surface area (Å²) in [5.74, 6) is 1.57. The van der Waals surface area contributed by atoms with Crippen molar-refractivity contribution in [2.75, 3.05) is 10.6 Å². The van der Waals surface area contributed by atoms with Crippen LogP contribution in [0, 0.1) is 10.8 Å². The highest BCUT2D eigenvalue weighted by Crippen LogP contribution is 2.39. The molecule has 0 spiro atoms. The van der Waals surface area contributed by atoms with E-state index in [1.54, 1.807) is 12.2 Å². The van der Waals surface area contributed by atoms with Crippen molar-refractivity contribution in [1.82, 2.24) is 0 Å². The van der Waals surface area contributed by atoms with Crippen LogP contribution in [0.15, 0.2) is 195 Å². The fourth-order valence-electron chi connectivity index (χ4n) is 6.36. The highest BCUT2D eigenvalue weighted by atomic mass is 16.5. The van der Waals surface area contributed by atoms with E-state index < -0.39 is 28.4 Å². The molecule has 8 heteroatoms. The molecule has 0 bridgehead atoms. The monoisotopic (exact) mass is 802 g/mol. The Balaban J connectivity index is 0.000000228. The molecule has 6 rings (SSSR count). The van der Waals surface area contributed by atoms with Gasteiger partial charge >= 0.3 is 11.9 Å². The molecule has 0 aliphatic heterocycles. The molecule has 0 saturated carbocycles. The minimum atomic E-state index is -1.30. The molecular formula is C52H54N2O6. The fourth-order valence-corrected chi connectivity index (χ4v) is 6.36. The Morgan fingerprint density at radius 2 is 1.05 bits per heavy atom. The number of carbonyl (C=O) groups is 2. The first-order valence-electron chi connectivity index (χ1n) is 19.8. The molecule has 6 aromatic carbocycles. The first kappa shape index (κ1) is 44.1. The lowest BCUT2D eigenvalue weighted by molar-refractivity contribution is -0.148. The predicted molar refractivity (Wildman–Crippen MR) is 242 cm³/mol. The van der Waals surface area contributed by atoms with Crippen LogP contribution in [-0.4, -0.2) is 28.6 Å². The van der Waals surface area contributed by atoms with Crippen LogP contribution in [0.5, 0.6) is 23.0 Å². The molecule has 0 heterocycles. The number of anilines is 2. The summed E-state index contributed by atoms with van der Waals surface area (Å²) in [6, 6.07) is 52.6. The van der Waals surface area contributed by atoms with Crippen molar-refractivity contribution < 1.29 is 28.9 Å². The Kier molecular flexibility index (Phi) is 15.1. The van der Waals surface area contributed by atoms with Gasteiger partial charge in [-0.1, -0.05) is 137 Å². The molecule has 0 saturated heterocycles. The Morgan fingerprint density at radius 3 is 1.53 bits per heavy atom. The van der Waals surface area contributed by atoms with E-state index in [2.05, 4.69) is 23.8 Å². The second kappa shape index (κ2) is 20.6. The number of esters is 1. The van der Waals surface area contributed by atoms with Crippen LogP contribution in [0.3, 0.4) is 0 Å².